The van der Waals surface area contributed by atoms with Gasteiger partial charge >= 0.3 is 0 Å². The third-order valence-corrected chi connectivity index (χ3v) is 12.2. The van der Waals surface area contributed by atoms with Crippen LogP contribution in [-0.4, -0.2) is 11.2 Å². The maximum atomic E-state index is 10.8. The van der Waals surface area contributed by atoms with Gasteiger partial charge in [-0.15, -0.1) is 0 Å². The summed E-state index contributed by atoms with van der Waals surface area (Å²) in [5.74, 6) is 2.87. The molecular weight excluding hydrogens is 388 g/mol. The fourth-order valence-corrected chi connectivity index (χ4v) is 9.53. The molecule has 4 aliphatic carbocycles. The van der Waals surface area contributed by atoms with E-state index in [-0.39, 0.29) is 11.5 Å². The Kier molecular flexibility index (Phi) is 6.14. The molecule has 0 aliphatic heterocycles. The van der Waals surface area contributed by atoms with Crippen LogP contribution in [-0.2, 0) is 0 Å². The standard InChI is InChI=1S/C31H52O/c1-20(2)21(3)10-11-22(4)23-14-18-31(9)25-12-13-26-28(5,6)27(32)16-17-29(26,7)24(25)15-19-30(23,31)8/h20,22-23,26-27,32H,3,10-19H2,1-2,4-9H3/t22-,23+,26+,27+,29-,30+,31-/m1/s1. The Labute approximate surface area is 199 Å². The molecule has 0 amide bonds. The van der Waals surface area contributed by atoms with Crippen molar-refractivity contribution in [3.63, 3.8) is 0 Å². The highest BCUT2D eigenvalue weighted by Crippen LogP contribution is 2.72. The summed E-state index contributed by atoms with van der Waals surface area (Å²) in [6.07, 6.45) is 12.6. The number of allylic oxidation sites excluding steroid dienone is 3. The highest BCUT2D eigenvalue weighted by atomic mass is 16.3. The molecule has 0 heterocycles. The maximum Gasteiger partial charge on any atom is 0.0594 e. The van der Waals surface area contributed by atoms with Gasteiger partial charge in [-0.2, -0.15) is 0 Å². The second kappa shape index (κ2) is 8.00. The van der Waals surface area contributed by atoms with E-state index < -0.39 is 0 Å². The first-order valence-corrected chi connectivity index (χ1v) is 13.9. The quantitative estimate of drug-likeness (QED) is 0.424. The predicted octanol–water partition coefficient (Wildman–Crippen LogP) is 8.73. The second-order valence-electron chi connectivity index (χ2n) is 14.1. The molecule has 0 spiro atoms. The van der Waals surface area contributed by atoms with E-state index >= 15 is 0 Å². The van der Waals surface area contributed by atoms with Gasteiger partial charge in [-0.05, 0) is 110 Å². The van der Waals surface area contributed by atoms with Gasteiger partial charge < -0.3 is 5.11 Å². The molecule has 1 N–H and O–H groups in total. The minimum atomic E-state index is -0.135. The summed E-state index contributed by atoms with van der Waals surface area (Å²) in [5.41, 5.74) is 6.32. The summed E-state index contributed by atoms with van der Waals surface area (Å²) in [6.45, 7) is 24.1. The van der Waals surface area contributed by atoms with Crippen LogP contribution in [0.25, 0.3) is 0 Å². The maximum absolute atomic E-state index is 10.8. The van der Waals surface area contributed by atoms with Crippen molar-refractivity contribution in [3.05, 3.63) is 23.3 Å². The second-order valence-corrected chi connectivity index (χ2v) is 14.1. The van der Waals surface area contributed by atoms with Gasteiger partial charge in [0, 0.05) is 0 Å². The van der Waals surface area contributed by atoms with E-state index in [1.54, 1.807) is 0 Å². The van der Waals surface area contributed by atoms with Crippen molar-refractivity contribution < 1.29 is 5.11 Å². The molecule has 2 fully saturated rings. The van der Waals surface area contributed by atoms with Crippen LogP contribution in [0.4, 0.5) is 0 Å². The first-order valence-electron chi connectivity index (χ1n) is 13.9. The van der Waals surface area contributed by atoms with E-state index in [0.717, 1.165) is 18.3 Å². The normalized spacial score (nSPS) is 44.1. The molecule has 1 heteroatoms. The van der Waals surface area contributed by atoms with E-state index in [0.29, 0.717) is 28.1 Å². The van der Waals surface area contributed by atoms with Crippen molar-refractivity contribution in [3.8, 4) is 0 Å². The van der Waals surface area contributed by atoms with Crippen molar-refractivity contribution in [1.82, 2.24) is 0 Å². The Hall–Kier alpha value is -0.560. The number of fused-ring (bicyclic) bond motifs is 4. The van der Waals surface area contributed by atoms with Crippen molar-refractivity contribution in [1.29, 1.82) is 0 Å². The SMILES string of the molecule is C=C(CC[C@@H](C)[C@@H]1CC[C@]2(C)C3=C(CC[C@@]12C)[C@@]1(C)CC[C@H](O)C(C)(C)[C@@H]1CC3)C(C)C. The lowest BCUT2D eigenvalue weighted by molar-refractivity contribution is -0.0962. The van der Waals surface area contributed by atoms with E-state index in [1.165, 1.54) is 63.4 Å². The molecule has 0 radical (unpaired) electrons. The van der Waals surface area contributed by atoms with E-state index in [9.17, 15) is 5.11 Å². The van der Waals surface area contributed by atoms with Gasteiger partial charge in [-0.3, -0.25) is 0 Å². The summed E-state index contributed by atoms with van der Waals surface area (Å²) in [5, 5.41) is 10.8. The molecule has 0 aromatic heterocycles. The Morgan fingerprint density at radius 2 is 1.62 bits per heavy atom. The minimum absolute atomic E-state index is 0.0404. The number of hydrogen-bond acceptors (Lipinski definition) is 1. The van der Waals surface area contributed by atoms with Crippen LogP contribution in [0.2, 0.25) is 0 Å². The zero-order valence-electron chi connectivity index (χ0n) is 22.6. The highest BCUT2D eigenvalue weighted by Gasteiger charge is 2.63. The van der Waals surface area contributed by atoms with Crippen molar-refractivity contribution in [2.45, 2.75) is 126 Å². The van der Waals surface area contributed by atoms with E-state index in [4.69, 9.17) is 0 Å². The van der Waals surface area contributed by atoms with Crippen molar-refractivity contribution in [2.24, 2.45) is 45.3 Å². The van der Waals surface area contributed by atoms with Gasteiger partial charge in [-0.25, -0.2) is 0 Å². The number of aliphatic hydroxyl groups excluding tert-OH is 1. The summed E-state index contributed by atoms with van der Waals surface area (Å²) in [4.78, 5) is 0. The number of aliphatic hydroxyl groups is 1. The molecule has 1 nitrogen and oxygen atoms in total. The van der Waals surface area contributed by atoms with Crippen LogP contribution >= 0.6 is 0 Å². The zero-order chi connectivity index (χ0) is 23.7. The first-order chi connectivity index (χ1) is 14.8. The largest absolute Gasteiger partial charge is 0.393 e. The molecule has 4 rings (SSSR count). The lowest BCUT2D eigenvalue weighted by Crippen LogP contribution is -2.55. The molecule has 4 aliphatic rings. The van der Waals surface area contributed by atoms with Crippen molar-refractivity contribution in [2.75, 3.05) is 0 Å². The Bertz CT molecular complexity index is 786. The molecule has 182 valence electrons. The summed E-state index contributed by atoms with van der Waals surface area (Å²) in [7, 11) is 0. The third-order valence-electron chi connectivity index (χ3n) is 12.2. The van der Waals surface area contributed by atoms with Gasteiger partial charge in [0.1, 0.15) is 0 Å². The first kappa shape index (κ1) is 24.6. The molecule has 2 saturated carbocycles. The molecule has 0 saturated heterocycles. The van der Waals surface area contributed by atoms with Crippen LogP contribution in [0, 0.1) is 45.3 Å². The molecule has 0 bridgehead atoms. The zero-order valence-corrected chi connectivity index (χ0v) is 22.6. The Morgan fingerprint density at radius 1 is 0.938 bits per heavy atom. The third kappa shape index (κ3) is 3.34. The monoisotopic (exact) mass is 440 g/mol. The van der Waals surface area contributed by atoms with Gasteiger partial charge in [0.05, 0.1) is 6.10 Å². The molecule has 7 atom stereocenters. The fourth-order valence-electron chi connectivity index (χ4n) is 9.53. The van der Waals surface area contributed by atoms with E-state index in [2.05, 4.69) is 62.0 Å². The Balaban J connectivity index is 1.62. The van der Waals surface area contributed by atoms with Crippen LogP contribution in [0.5, 0.6) is 0 Å². The summed E-state index contributed by atoms with van der Waals surface area (Å²) in [6, 6.07) is 0. The Morgan fingerprint density at radius 3 is 2.28 bits per heavy atom. The fraction of sp³-hybridized carbons (Fsp3) is 0.871. The number of rotatable bonds is 5. The van der Waals surface area contributed by atoms with Gasteiger partial charge in [0.25, 0.3) is 0 Å². The van der Waals surface area contributed by atoms with Gasteiger partial charge in [0.2, 0.25) is 0 Å². The van der Waals surface area contributed by atoms with Crippen molar-refractivity contribution >= 4 is 0 Å². The molecule has 32 heavy (non-hydrogen) atoms. The number of hydrogen-bond donors (Lipinski definition) is 1. The average molecular weight is 441 g/mol. The van der Waals surface area contributed by atoms with Gasteiger partial charge in [0.15, 0.2) is 0 Å². The molecule has 0 aromatic carbocycles. The average Bonchev–Trinajstić information content (AvgIpc) is 3.00. The van der Waals surface area contributed by atoms with Crippen LogP contribution < -0.4 is 0 Å². The van der Waals surface area contributed by atoms with Gasteiger partial charge in [-0.1, -0.05) is 78.7 Å². The smallest absolute Gasteiger partial charge is 0.0594 e. The van der Waals surface area contributed by atoms with Crippen LogP contribution in [0.15, 0.2) is 23.3 Å². The molecular formula is C31H52O. The minimum Gasteiger partial charge on any atom is -0.393 e. The van der Waals surface area contributed by atoms with Crippen LogP contribution in [0.1, 0.15) is 120 Å². The van der Waals surface area contributed by atoms with E-state index in [1.807, 2.05) is 11.1 Å². The lowest BCUT2D eigenvalue weighted by atomic mass is 9.43. The highest BCUT2D eigenvalue weighted by molar-refractivity contribution is 5.38. The molecule has 0 unspecified atom stereocenters. The predicted molar refractivity (Wildman–Crippen MR) is 137 cm³/mol. The molecule has 0 aromatic rings. The topological polar surface area (TPSA) is 20.2 Å². The summed E-state index contributed by atoms with van der Waals surface area (Å²) < 4.78 is 0. The lowest BCUT2D eigenvalue weighted by Gasteiger charge is -2.62. The summed E-state index contributed by atoms with van der Waals surface area (Å²) >= 11 is 0. The van der Waals surface area contributed by atoms with Crippen LogP contribution in [0.3, 0.4) is 0 Å².